The number of hydrogen-bond acceptors (Lipinski definition) is 12. The molecule has 0 atom stereocenters. The minimum Gasteiger partial charge on any atom is -0.481 e. The van der Waals surface area contributed by atoms with Crippen LogP contribution in [0, 0.1) is 12.3 Å². The number of rotatable bonds is 21. The Labute approximate surface area is 280 Å². The summed E-state index contributed by atoms with van der Waals surface area (Å²) in [5, 5.41) is 21.0. The number of ether oxygens (including phenoxy) is 4. The van der Waals surface area contributed by atoms with E-state index >= 15 is 0 Å². The van der Waals surface area contributed by atoms with Gasteiger partial charge in [0.15, 0.2) is 0 Å². The number of benzene rings is 3. The molecule has 13 heteroatoms. The molecular weight excluding hydrogens is 618 g/mol. The zero-order valence-electron chi connectivity index (χ0n) is 26.8. The van der Waals surface area contributed by atoms with Crippen LogP contribution in [0.15, 0.2) is 65.6 Å². The number of carbonyl (C=O) groups is 1. The molecular formula is C34H41N7O5S. The molecule has 0 aliphatic carbocycles. The summed E-state index contributed by atoms with van der Waals surface area (Å²) in [6.07, 6.45) is 6.73. The van der Waals surface area contributed by atoms with Gasteiger partial charge in [0.2, 0.25) is 5.82 Å². The lowest BCUT2D eigenvalue weighted by Crippen LogP contribution is -2.28. The van der Waals surface area contributed by atoms with E-state index in [1.165, 1.54) is 21.4 Å². The number of nitrogens with one attached hydrogen (secondary N) is 2. The lowest BCUT2D eigenvalue weighted by molar-refractivity contribution is 0.0140. The predicted molar refractivity (Wildman–Crippen MR) is 184 cm³/mol. The van der Waals surface area contributed by atoms with Crippen molar-refractivity contribution in [2.45, 2.75) is 17.7 Å². The molecule has 3 aromatic carbocycles. The SMILES string of the molecule is C#CCOc1ccc(-c2nnc(C(=O)NCCCOCCOCCOCCCNSc3cccc4c(N(C)C)cccc34)nn2)cc1. The maximum Gasteiger partial charge on any atom is 0.292 e. The highest BCUT2D eigenvalue weighted by Gasteiger charge is 2.12. The van der Waals surface area contributed by atoms with E-state index in [1.807, 2.05) is 0 Å². The standard InChI is InChI=1S/C34H41N7O5S/c1-4-19-46-27-15-13-26(14-16-27)32-37-39-33(40-38-32)34(42)35-17-7-20-43-22-24-45-25-23-44-21-8-18-36-47-31-12-6-9-28-29(31)10-5-11-30(28)41(2)3/h1,5-6,9-16,36H,7-8,17-25H2,2-3H3,(H,35,42). The summed E-state index contributed by atoms with van der Waals surface area (Å²) < 4.78 is 25.6. The van der Waals surface area contributed by atoms with Gasteiger partial charge in [-0.15, -0.1) is 26.8 Å². The largest absolute Gasteiger partial charge is 0.481 e. The Balaban J connectivity index is 0.958. The van der Waals surface area contributed by atoms with Crippen molar-refractivity contribution >= 4 is 34.3 Å². The van der Waals surface area contributed by atoms with Crippen LogP contribution >= 0.6 is 11.9 Å². The van der Waals surface area contributed by atoms with E-state index in [9.17, 15) is 4.79 Å². The predicted octanol–water partition coefficient (Wildman–Crippen LogP) is 4.02. The topological polar surface area (TPSA) is 133 Å². The van der Waals surface area contributed by atoms with Gasteiger partial charge in [0.25, 0.3) is 11.7 Å². The van der Waals surface area contributed by atoms with Crippen molar-refractivity contribution in [3.8, 4) is 29.5 Å². The monoisotopic (exact) mass is 659 g/mol. The summed E-state index contributed by atoms with van der Waals surface area (Å²) in [6.45, 7) is 4.58. The van der Waals surface area contributed by atoms with Crippen LogP contribution in [0.25, 0.3) is 22.2 Å². The molecule has 1 heterocycles. The molecule has 0 aliphatic heterocycles. The molecule has 0 radical (unpaired) electrons. The zero-order valence-corrected chi connectivity index (χ0v) is 27.6. The summed E-state index contributed by atoms with van der Waals surface area (Å²) in [5.74, 6) is 2.79. The molecule has 12 nitrogen and oxygen atoms in total. The van der Waals surface area contributed by atoms with Crippen LogP contribution < -0.4 is 19.7 Å². The van der Waals surface area contributed by atoms with Crippen molar-refractivity contribution in [3.63, 3.8) is 0 Å². The molecule has 1 amide bonds. The molecule has 0 unspecified atom stereocenters. The third-order valence-electron chi connectivity index (χ3n) is 6.70. The fraction of sp³-hybridized carbons (Fsp3) is 0.382. The smallest absolute Gasteiger partial charge is 0.292 e. The number of aromatic nitrogens is 4. The average Bonchev–Trinajstić information content (AvgIpc) is 3.10. The molecule has 0 saturated heterocycles. The van der Waals surface area contributed by atoms with Crippen LogP contribution in [-0.2, 0) is 14.2 Å². The summed E-state index contributed by atoms with van der Waals surface area (Å²) in [7, 11) is 4.13. The number of hydrogen-bond donors (Lipinski definition) is 2. The van der Waals surface area contributed by atoms with Crippen molar-refractivity contribution in [2.24, 2.45) is 0 Å². The van der Waals surface area contributed by atoms with E-state index in [0.29, 0.717) is 69.7 Å². The molecule has 0 fully saturated rings. The molecule has 4 rings (SSSR count). The fourth-order valence-corrected chi connectivity index (χ4v) is 5.21. The number of carbonyl (C=O) groups excluding carboxylic acids is 1. The lowest BCUT2D eigenvalue weighted by atomic mass is 10.1. The summed E-state index contributed by atoms with van der Waals surface area (Å²) in [4.78, 5) is 15.6. The van der Waals surface area contributed by atoms with Crippen molar-refractivity contribution < 1.29 is 23.7 Å². The first-order valence-electron chi connectivity index (χ1n) is 15.4. The Morgan fingerprint density at radius 2 is 1.45 bits per heavy atom. The molecule has 0 bridgehead atoms. The van der Waals surface area contributed by atoms with Crippen molar-refractivity contribution in [1.82, 2.24) is 30.4 Å². The van der Waals surface area contributed by atoms with E-state index in [0.717, 1.165) is 13.0 Å². The van der Waals surface area contributed by atoms with Crippen LogP contribution in [0.2, 0.25) is 0 Å². The molecule has 2 N–H and O–H groups in total. The third kappa shape index (κ3) is 11.8. The minimum absolute atomic E-state index is 0.103. The van der Waals surface area contributed by atoms with E-state index in [-0.39, 0.29) is 12.4 Å². The molecule has 0 spiro atoms. The first kappa shape index (κ1) is 35.5. The Morgan fingerprint density at radius 3 is 2.13 bits per heavy atom. The van der Waals surface area contributed by atoms with Crippen molar-refractivity contribution in [2.75, 3.05) is 78.3 Å². The lowest BCUT2D eigenvalue weighted by Gasteiger charge is -2.16. The van der Waals surface area contributed by atoms with Crippen LogP contribution in [0.4, 0.5) is 5.69 Å². The van der Waals surface area contributed by atoms with Gasteiger partial charge in [-0.1, -0.05) is 30.2 Å². The fourth-order valence-electron chi connectivity index (χ4n) is 4.38. The number of fused-ring (bicyclic) bond motifs is 1. The van der Waals surface area contributed by atoms with Gasteiger partial charge in [-0.3, -0.25) is 9.52 Å². The quantitative estimate of drug-likeness (QED) is 0.0761. The number of amides is 1. The molecule has 0 saturated carbocycles. The molecule has 1 aromatic heterocycles. The van der Waals surface area contributed by atoms with Crippen molar-refractivity contribution in [1.29, 1.82) is 0 Å². The molecule has 4 aromatic rings. The van der Waals surface area contributed by atoms with Crippen LogP contribution in [0.1, 0.15) is 23.5 Å². The summed E-state index contributed by atoms with van der Waals surface area (Å²) in [5.41, 5.74) is 1.90. The normalized spacial score (nSPS) is 10.9. The second-order valence-electron chi connectivity index (χ2n) is 10.4. The minimum atomic E-state index is -0.448. The Hall–Kier alpha value is -4.32. The summed E-state index contributed by atoms with van der Waals surface area (Å²) >= 11 is 1.66. The Morgan fingerprint density at radius 1 is 0.809 bits per heavy atom. The number of anilines is 1. The Bertz CT molecular complexity index is 1570. The second kappa shape index (κ2) is 20.0. The molecule has 248 valence electrons. The number of terminal acetylenes is 1. The highest BCUT2D eigenvalue weighted by atomic mass is 32.2. The second-order valence-corrected chi connectivity index (χ2v) is 11.3. The maximum absolute atomic E-state index is 12.3. The maximum atomic E-state index is 12.3. The van der Waals surface area contributed by atoms with E-state index < -0.39 is 5.91 Å². The van der Waals surface area contributed by atoms with Gasteiger partial charge in [-0.2, -0.15) is 0 Å². The highest BCUT2D eigenvalue weighted by molar-refractivity contribution is 7.97. The zero-order chi connectivity index (χ0) is 33.1. The summed E-state index contributed by atoms with van der Waals surface area (Å²) in [6, 6.07) is 19.8. The average molecular weight is 660 g/mol. The van der Waals surface area contributed by atoms with E-state index in [1.54, 1.807) is 36.2 Å². The van der Waals surface area contributed by atoms with Gasteiger partial charge in [-0.25, -0.2) is 0 Å². The Kier molecular flexibility index (Phi) is 15.1. The van der Waals surface area contributed by atoms with Gasteiger partial charge >= 0.3 is 0 Å². The first-order valence-corrected chi connectivity index (χ1v) is 16.2. The first-order chi connectivity index (χ1) is 23.1. The molecule has 47 heavy (non-hydrogen) atoms. The van der Waals surface area contributed by atoms with Gasteiger partial charge < -0.3 is 29.2 Å². The molecule has 0 aliphatic rings. The van der Waals surface area contributed by atoms with Gasteiger partial charge in [0, 0.05) is 61.9 Å². The van der Waals surface area contributed by atoms with Gasteiger partial charge in [0.1, 0.15) is 12.4 Å². The van der Waals surface area contributed by atoms with Gasteiger partial charge in [-0.05, 0) is 66.6 Å². The highest BCUT2D eigenvalue weighted by Crippen LogP contribution is 2.31. The van der Waals surface area contributed by atoms with Crippen LogP contribution in [0.3, 0.4) is 0 Å². The van der Waals surface area contributed by atoms with E-state index in [4.69, 9.17) is 25.4 Å². The van der Waals surface area contributed by atoms with Crippen molar-refractivity contribution in [3.05, 3.63) is 66.5 Å². The van der Waals surface area contributed by atoms with Crippen LogP contribution in [-0.4, -0.2) is 99.7 Å². The third-order valence-corrected chi connectivity index (χ3v) is 7.63. The van der Waals surface area contributed by atoms with Gasteiger partial charge in [0.05, 0.1) is 26.4 Å². The number of nitrogens with zero attached hydrogens (tertiary/aromatic N) is 5. The van der Waals surface area contributed by atoms with Crippen LogP contribution in [0.5, 0.6) is 5.75 Å². The van der Waals surface area contributed by atoms with E-state index in [2.05, 4.69) is 91.7 Å².